The highest BCUT2D eigenvalue weighted by Crippen LogP contribution is 2.27. The molecule has 2 aromatic rings. The maximum Gasteiger partial charge on any atom is 0.248 e. The average Bonchev–Trinajstić information content (AvgIpc) is 2.34. The van der Waals surface area contributed by atoms with Gasteiger partial charge in [0, 0.05) is 10.0 Å². The quantitative estimate of drug-likeness (QED) is 0.759. The summed E-state index contributed by atoms with van der Waals surface area (Å²) in [6.45, 7) is 0. The first-order valence-corrected chi connectivity index (χ1v) is 6.18. The molecule has 0 aliphatic carbocycles. The van der Waals surface area contributed by atoms with E-state index in [0.717, 1.165) is 0 Å². The minimum absolute atomic E-state index is 0.261. The molecule has 0 fully saturated rings. The molecule has 19 heavy (non-hydrogen) atoms. The number of carbonyl (C=O) groups excluding carboxylic acids is 1. The van der Waals surface area contributed by atoms with Crippen molar-refractivity contribution in [2.75, 3.05) is 11.1 Å². The van der Waals surface area contributed by atoms with Crippen molar-refractivity contribution in [2.45, 2.75) is 0 Å². The predicted octanol–water partition coefficient (Wildman–Crippen LogP) is 3.01. The summed E-state index contributed by atoms with van der Waals surface area (Å²) in [6, 6.07) is 9.13. The van der Waals surface area contributed by atoms with Gasteiger partial charge in [-0.1, -0.05) is 15.9 Å². The zero-order chi connectivity index (χ0) is 14.0. The number of hydrogen-bond donors (Lipinski definition) is 3. The maximum absolute atomic E-state index is 13.7. The average molecular weight is 324 g/mol. The van der Waals surface area contributed by atoms with E-state index >= 15 is 0 Å². The number of nitrogens with one attached hydrogen (secondary N) is 1. The topological polar surface area (TPSA) is 81.1 Å². The van der Waals surface area contributed by atoms with E-state index in [1.165, 1.54) is 18.2 Å². The lowest BCUT2D eigenvalue weighted by Crippen LogP contribution is -2.11. The molecule has 0 aliphatic heterocycles. The van der Waals surface area contributed by atoms with Crippen LogP contribution < -0.4 is 16.8 Å². The highest BCUT2D eigenvalue weighted by atomic mass is 79.9. The Kier molecular flexibility index (Phi) is 3.71. The molecule has 98 valence electrons. The molecular formula is C13H11BrFN3O. The van der Waals surface area contributed by atoms with Gasteiger partial charge < -0.3 is 16.8 Å². The second-order valence-electron chi connectivity index (χ2n) is 3.92. The number of anilines is 3. The standard InChI is InChI=1S/C13H11BrFN3O/c14-8-2-4-11(9(15)6-8)18-12-5-7(13(17)19)1-3-10(12)16/h1-6,18H,16H2,(H2,17,19). The fourth-order valence-electron chi connectivity index (χ4n) is 1.55. The SMILES string of the molecule is NC(=O)c1ccc(N)c(Nc2ccc(Br)cc2F)c1. The largest absolute Gasteiger partial charge is 0.397 e. The third-order valence-corrected chi connectivity index (χ3v) is 3.03. The van der Waals surface area contributed by atoms with E-state index in [2.05, 4.69) is 21.2 Å². The number of carbonyl (C=O) groups is 1. The number of primary amides is 1. The van der Waals surface area contributed by atoms with Gasteiger partial charge in [-0.3, -0.25) is 4.79 Å². The van der Waals surface area contributed by atoms with Crippen LogP contribution in [0.4, 0.5) is 21.5 Å². The summed E-state index contributed by atoms with van der Waals surface area (Å²) in [5.74, 6) is -1.00. The molecule has 1 amide bonds. The monoisotopic (exact) mass is 323 g/mol. The molecule has 0 spiro atoms. The van der Waals surface area contributed by atoms with Gasteiger partial charge in [-0.15, -0.1) is 0 Å². The maximum atomic E-state index is 13.7. The normalized spacial score (nSPS) is 10.2. The van der Waals surface area contributed by atoms with Crippen LogP contribution in [0, 0.1) is 5.82 Å². The number of amides is 1. The van der Waals surface area contributed by atoms with Crippen LogP contribution in [0.3, 0.4) is 0 Å². The fourth-order valence-corrected chi connectivity index (χ4v) is 1.89. The molecule has 2 aromatic carbocycles. The van der Waals surface area contributed by atoms with E-state index in [1.54, 1.807) is 18.2 Å². The van der Waals surface area contributed by atoms with E-state index < -0.39 is 11.7 Å². The van der Waals surface area contributed by atoms with Gasteiger partial charge in [0.1, 0.15) is 5.82 Å². The lowest BCUT2D eigenvalue weighted by Gasteiger charge is -2.11. The third kappa shape index (κ3) is 3.03. The molecule has 2 rings (SSSR count). The Bertz CT molecular complexity index is 646. The van der Waals surface area contributed by atoms with E-state index in [1.807, 2.05) is 0 Å². The lowest BCUT2D eigenvalue weighted by molar-refractivity contribution is 0.100. The van der Waals surface area contributed by atoms with E-state index in [4.69, 9.17) is 11.5 Å². The van der Waals surface area contributed by atoms with Gasteiger partial charge in [0.05, 0.1) is 17.1 Å². The van der Waals surface area contributed by atoms with Crippen molar-refractivity contribution in [3.8, 4) is 0 Å². The number of rotatable bonds is 3. The Hall–Kier alpha value is -2.08. The van der Waals surface area contributed by atoms with Crippen LogP contribution in [0.25, 0.3) is 0 Å². The van der Waals surface area contributed by atoms with Crippen molar-refractivity contribution in [3.63, 3.8) is 0 Å². The van der Waals surface area contributed by atoms with Crippen LogP contribution in [0.1, 0.15) is 10.4 Å². The molecule has 0 unspecified atom stereocenters. The van der Waals surface area contributed by atoms with Crippen molar-refractivity contribution in [3.05, 3.63) is 52.3 Å². The molecule has 0 saturated carbocycles. The van der Waals surface area contributed by atoms with Gasteiger partial charge in [-0.25, -0.2) is 4.39 Å². The first-order valence-electron chi connectivity index (χ1n) is 5.39. The molecule has 0 atom stereocenters. The molecule has 5 N–H and O–H groups in total. The Morgan fingerprint density at radius 3 is 2.53 bits per heavy atom. The van der Waals surface area contributed by atoms with Crippen molar-refractivity contribution >= 4 is 38.9 Å². The van der Waals surface area contributed by atoms with Gasteiger partial charge in [0.25, 0.3) is 0 Å². The summed E-state index contributed by atoms with van der Waals surface area (Å²) in [7, 11) is 0. The Morgan fingerprint density at radius 1 is 1.16 bits per heavy atom. The van der Waals surface area contributed by atoms with Crippen molar-refractivity contribution in [1.82, 2.24) is 0 Å². The first kappa shape index (κ1) is 13.4. The van der Waals surface area contributed by atoms with Crippen molar-refractivity contribution in [1.29, 1.82) is 0 Å². The van der Waals surface area contributed by atoms with Crippen molar-refractivity contribution in [2.24, 2.45) is 5.73 Å². The van der Waals surface area contributed by atoms with Gasteiger partial charge in [-0.05, 0) is 36.4 Å². The molecule has 4 nitrogen and oxygen atoms in total. The highest BCUT2D eigenvalue weighted by molar-refractivity contribution is 9.10. The van der Waals surface area contributed by atoms with Crippen LogP contribution in [-0.4, -0.2) is 5.91 Å². The van der Waals surface area contributed by atoms with E-state index in [-0.39, 0.29) is 5.69 Å². The highest BCUT2D eigenvalue weighted by Gasteiger charge is 2.08. The number of halogens is 2. The third-order valence-electron chi connectivity index (χ3n) is 2.54. The first-order chi connectivity index (χ1) is 8.97. The predicted molar refractivity (Wildman–Crippen MR) is 76.8 cm³/mol. The summed E-state index contributed by atoms with van der Waals surface area (Å²) < 4.78 is 14.3. The van der Waals surface area contributed by atoms with Gasteiger partial charge >= 0.3 is 0 Å². The van der Waals surface area contributed by atoms with Gasteiger partial charge in [0.2, 0.25) is 5.91 Å². The Morgan fingerprint density at radius 2 is 1.89 bits per heavy atom. The minimum atomic E-state index is -0.570. The molecule has 0 bridgehead atoms. The van der Waals surface area contributed by atoms with Crippen LogP contribution in [0.15, 0.2) is 40.9 Å². The second kappa shape index (κ2) is 5.27. The molecule has 0 aliphatic rings. The van der Waals surface area contributed by atoms with Crippen LogP contribution in [-0.2, 0) is 0 Å². The zero-order valence-electron chi connectivity index (χ0n) is 9.78. The Labute approximate surface area is 117 Å². The number of hydrogen-bond acceptors (Lipinski definition) is 3. The van der Waals surface area contributed by atoms with E-state index in [0.29, 0.717) is 21.4 Å². The molecule has 6 heteroatoms. The zero-order valence-corrected chi connectivity index (χ0v) is 11.4. The van der Waals surface area contributed by atoms with Crippen LogP contribution >= 0.6 is 15.9 Å². The second-order valence-corrected chi connectivity index (χ2v) is 4.83. The molecule has 0 aromatic heterocycles. The molecular weight excluding hydrogens is 313 g/mol. The number of nitrogen functional groups attached to an aromatic ring is 1. The summed E-state index contributed by atoms with van der Waals surface area (Å²) in [5.41, 5.74) is 12.3. The summed E-state index contributed by atoms with van der Waals surface area (Å²) in [4.78, 5) is 11.1. The lowest BCUT2D eigenvalue weighted by atomic mass is 10.1. The minimum Gasteiger partial charge on any atom is -0.397 e. The van der Waals surface area contributed by atoms with Crippen molar-refractivity contribution < 1.29 is 9.18 Å². The summed E-state index contributed by atoms with van der Waals surface area (Å²) >= 11 is 3.17. The number of nitrogens with two attached hydrogens (primary N) is 2. The van der Waals surface area contributed by atoms with Gasteiger partial charge in [0.15, 0.2) is 0 Å². The van der Waals surface area contributed by atoms with E-state index in [9.17, 15) is 9.18 Å². The molecule has 0 radical (unpaired) electrons. The molecule has 0 heterocycles. The fraction of sp³-hybridized carbons (Fsp3) is 0. The number of benzene rings is 2. The summed E-state index contributed by atoms with van der Waals surface area (Å²) in [5, 5.41) is 2.83. The molecule has 0 saturated heterocycles. The smallest absolute Gasteiger partial charge is 0.248 e. The Balaban J connectivity index is 2.37. The van der Waals surface area contributed by atoms with Crippen LogP contribution in [0.5, 0.6) is 0 Å². The summed E-state index contributed by atoms with van der Waals surface area (Å²) in [6.07, 6.45) is 0. The van der Waals surface area contributed by atoms with Gasteiger partial charge in [-0.2, -0.15) is 0 Å². The van der Waals surface area contributed by atoms with Crippen LogP contribution in [0.2, 0.25) is 0 Å².